The summed E-state index contributed by atoms with van der Waals surface area (Å²) in [7, 11) is 0. The first-order chi connectivity index (χ1) is 15.2. The third-order valence-electron chi connectivity index (χ3n) is 8.33. The number of rotatable bonds is 6. The van der Waals surface area contributed by atoms with Gasteiger partial charge in [-0.25, -0.2) is 4.68 Å². The number of nitrogens with one attached hydrogen (secondary N) is 2. The summed E-state index contributed by atoms with van der Waals surface area (Å²) in [6.45, 7) is 6.96. The lowest BCUT2D eigenvalue weighted by atomic mass is 9.45. The first-order valence-electron chi connectivity index (χ1n) is 11.4. The molecule has 170 valence electrons. The minimum absolute atomic E-state index is 0.108. The minimum Gasteiger partial charge on any atom is -0.380 e. The van der Waals surface area contributed by atoms with Crippen molar-refractivity contribution in [1.82, 2.24) is 20.1 Å². The summed E-state index contributed by atoms with van der Waals surface area (Å²) in [6, 6.07) is 4.18. The maximum absolute atomic E-state index is 12.9. The third kappa shape index (κ3) is 3.56. The predicted octanol–water partition coefficient (Wildman–Crippen LogP) is 3.69. The number of amides is 1. The second kappa shape index (κ2) is 7.68. The lowest BCUT2D eigenvalue weighted by molar-refractivity contribution is -0.123. The van der Waals surface area contributed by atoms with Crippen LogP contribution < -0.4 is 16.2 Å². The van der Waals surface area contributed by atoms with Crippen molar-refractivity contribution in [2.24, 2.45) is 23.2 Å². The van der Waals surface area contributed by atoms with Gasteiger partial charge in [0, 0.05) is 18.4 Å². The minimum atomic E-state index is -0.339. The van der Waals surface area contributed by atoms with Gasteiger partial charge in [0.05, 0.1) is 17.4 Å². The first kappa shape index (κ1) is 21.6. The SMILES string of the molecule is C[C@H]1[C@H](Nc2cnn(CC(=O)NC3(c4ccncc4)CC3)c(=O)c2Br)C[C@H]2C[C@@H]1C2(C)C. The van der Waals surface area contributed by atoms with Crippen LogP contribution in [-0.2, 0) is 16.9 Å². The van der Waals surface area contributed by atoms with Gasteiger partial charge in [-0.2, -0.15) is 5.10 Å². The summed E-state index contributed by atoms with van der Waals surface area (Å²) in [5.41, 5.74) is 1.53. The fourth-order valence-corrected chi connectivity index (χ4v) is 6.36. The van der Waals surface area contributed by atoms with Crippen LogP contribution in [0.4, 0.5) is 5.69 Å². The molecule has 6 rings (SSSR count). The van der Waals surface area contributed by atoms with E-state index >= 15 is 0 Å². The summed E-state index contributed by atoms with van der Waals surface area (Å²) in [6.07, 6.45) is 9.31. The van der Waals surface area contributed by atoms with Crippen molar-refractivity contribution in [3.8, 4) is 0 Å². The average molecular weight is 500 g/mol. The second-order valence-electron chi connectivity index (χ2n) is 10.4. The molecular weight excluding hydrogens is 470 g/mol. The Labute approximate surface area is 196 Å². The van der Waals surface area contributed by atoms with Crippen molar-refractivity contribution in [1.29, 1.82) is 0 Å². The Morgan fingerprint density at radius 1 is 1.25 bits per heavy atom. The van der Waals surface area contributed by atoms with E-state index in [1.165, 1.54) is 11.1 Å². The maximum Gasteiger partial charge on any atom is 0.283 e. The summed E-state index contributed by atoms with van der Waals surface area (Å²) < 4.78 is 1.65. The van der Waals surface area contributed by atoms with E-state index in [2.05, 4.69) is 57.4 Å². The summed E-state index contributed by atoms with van der Waals surface area (Å²) in [5, 5.41) is 10.9. The Morgan fingerprint density at radius 2 is 1.97 bits per heavy atom. The van der Waals surface area contributed by atoms with Gasteiger partial charge >= 0.3 is 0 Å². The number of pyridine rings is 1. The van der Waals surface area contributed by atoms with Crippen molar-refractivity contribution >= 4 is 27.5 Å². The number of aromatic nitrogens is 3. The molecule has 1 amide bonds. The second-order valence-corrected chi connectivity index (χ2v) is 11.2. The fourth-order valence-electron chi connectivity index (χ4n) is 5.94. The van der Waals surface area contributed by atoms with Crippen molar-refractivity contribution in [3.63, 3.8) is 0 Å². The Hall–Kier alpha value is -2.22. The highest BCUT2D eigenvalue weighted by atomic mass is 79.9. The summed E-state index contributed by atoms with van der Waals surface area (Å²) in [5.74, 6) is 1.76. The third-order valence-corrected chi connectivity index (χ3v) is 9.10. The van der Waals surface area contributed by atoms with Crippen LogP contribution in [0.1, 0.15) is 52.0 Å². The van der Waals surface area contributed by atoms with Gasteiger partial charge in [-0.05, 0) is 82.5 Å². The lowest BCUT2D eigenvalue weighted by Gasteiger charge is -2.62. The van der Waals surface area contributed by atoms with Gasteiger partial charge in [0.2, 0.25) is 5.91 Å². The molecule has 2 heterocycles. The number of hydrogen-bond donors (Lipinski definition) is 2. The van der Waals surface area contributed by atoms with E-state index in [0.717, 1.165) is 30.7 Å². The molecule has 0 aliphatic heterocycles. The molecule has 4 aliphatic rings. The molecule has 32 heavy (non-hydrogen) atoms. The molecule has 2 N–H and O–H groups in total. The number of halogens is 1. The molecule has 0 radical (unpaired) electrons. The Balaban J connectivity index is 1.26. The quantitative estimate of drug-likeness (QED) is 0.632. The molecule has 2 bridgehead atoms. The molecule has 2 aromatic rings. The van der Waals surface area contributed by atoms with Crippen LogP contribution >= 0.6 is 15.9 Å². The summed E-state index contributed by atoms with van der Waals surface area (Å²) in [4.78, 5) is 29.6. The van der Waals surface area contributed by atoms with Gasteiger partial charge in [-0.15, -0.1) is 0 Å². The zero-order valence-corrected chi connectivity index (χ0v) is 20.4. The zero-order valence-electron chi connectivity index (χ0n) is 18.8. The Bertz CT molecular complexity index is 1100. The number of nitrogens with zero attached hydrogens (tertiary/aromatic N) is 3. The molecule has 4 atom stereocenters. The Kier molecular flexibility index (Phi) is 5.19. The molecule has 2 aromatic heterocycles. The van der Waals surface area contributed by atoms with E-state index in [1.807, 2.05) is 12.1 Å². The highest BCUT2D eigenvalue weighted by Gasteiger charge is 2.56. The van der Waals surface area contributed by atoms with E-state index < -0.39 is 0 Å². The largest absolute Gasteiger partial charge is 0.380 e. The van der Waals surface area contributed by atoms with Crippen molar-refractivity contribution in [2.75, 3.05) is 5.32 Å². The molecule has 4 saturated carbocycles. The molecule has 0 saturated heterocycles. The van der Waals surface area contributed by atoms with Gasteiger partial charge < -0.3 is 10.6 Å². The monoisotopic (exact) mass is 499 g/mol. The Morgan fingerprint density at radius 3 is 2.59 bits per heavy atom. The highest BCUT2D eigenvalue weighted by molar-refractivity contribution is 9.10. The smallest absolute Gasteiger partial charge is 0.283 e. The topological polar surface area (TPSA) is 88.9 Å². The van der Waals surface area contributed by atoms with Crippen LogP contribution in [0.5, 0.6) is 0 Å². The van der Waals surface area contributed by atoms with Crippen molar-refractivity contribution in [2.45, 2.75) is 64.6 Å². The van der Waals surface area contributed by atoms with Crippen LogP contribution in [-0.4, -0.2) is 26.7 Å². The van der Waals surface area contributed by atoms with E-state index in [0.29, 0.717) is 33.5 Å². The standard InChI is InChI=1S/C24H30BrN5O2/c1-14-17-10-16(23(17,2)3)11-18(14)28-19-12-27-30(22(32)21(19)25)13-20(31)29-24(6-7-24)15-4-8-26-9-5-15/h4-5,8-9,12,14,16-18,28H,6-7,10-11,13H2,1-3H3,(H,29,31)/t14-,16-,17+,18-/m1/s1. The van der Waals surface area contributed by atoms with Crippen LogP contribution in [0.3, 0.4) is 0 Å². The van der Waals surface area contributed by atoms with E-state index in [1.54, 1.807) is 18.6 Å². The summed E-state index contributed by atoms with van der Waals surface area (Å²) >= 11 is 3.45. The molecular formula is C24H30BrN5O2. The molecule has 7 nitrogen and oxygen atoms in total. The van der Waals surface area contributed by atoms with E-state index in [4.69, 9.17) is 0 Å². The number of hydrogen-bond acceptors (Lipinski definition) is 5. The van der Waals surface area contributed by atoms with Crippen molar-refractivity contribution in [3.05, 3.63) is 51.1 Å². The maximum atomic E-state index is 12.9. The predicted molar refractivity (Wildman–Crippen MR) is 126 cm³/mol. The normalized spacial score (nSPS) is 29.0. The van der Waals surface area contributed by atoms with Gasteiger partial charge in [-0.1, -0.05) is 20.8 Å². The van der Waals surface area contributed by atoms with Crippen LogP contribution in [0.25, 0.3) is 0 Å². The molecule has 4 fully saturated rings. The lowest BCUT2D eigenvalue weighted by Crippen LogP contribution is -2.58. The molecule has 8 heteroatoms. The first-order valence-corrected chi connectivity index (χ1v) is 12.2. The number of carbonyl (C=O) groups is 1. The van der Waals surface area contributed by atoms with E-state index in [9.17, 15) is 9.59 Å². The number of fused-ring (bicyclic) bond motifs is 2. The number of carbonyl (C=O) groups excluding carboxylic acids is 1. The molecule has 4 aliphatic carbocycles. The average Bonchev–Trinajstić information content (AvgIpc) is 3.55. The van der Waals surface area contributed by atoms with Crippen molar-refractivity contribution < 1.29 is 4.79 Å². The van der Waals surface area contributed by atoms with E-state index in [-0.39, 0.29) is 23.6 Å². The van der Waals surface area contributed by atoms with Gasteiger partial charge in [-0.3, -0.25) is 14.6 Å². The van der Waals surface area contributed by atoms with Gasteiger partial charge in [0.15, 0.2) is 0 Å². The van der Waals surface area contributed by atoms with Crippen LogP contribution in [0.15, 0.2) is 40.0 Å². The fraction of sp³-hybridized carbons (Fsp3) is 0.583. The highest BCUT2D eigenvalue weighted by Crippen LogP contribution is 2.61. The van der Waals surface area contributed by atoms with Gasteiger partial charge in [0.25, 0.3) is 5.56 Å². The van der Waals surface area contributed by atoms with Gasteiger partial charge in [0.1, 0.15) is 11.0 Å². The zero-order chi connectivity index (χ0) is 22.7. The van der Waals surface area contributed by atoms with Crippen LogP contribution in [0, 0.1) is 23.2 Å². The number of anilines is 1. The van der Waals surface area contributed by atoms with Crippen LogP contribution in [0.2, 0.25) is 0 Å². The molecule has 0 unspecified atom stereocenters. The molecule has 0 spiro atoms. The molecule has 0 aromatic carbocycles.